The first-order valence-electron chi connectivity index (χ1n) is 9.78. The van der Waals surface area contributed by atoms with Crippen molar-refractivity contribution in [3.05, 3.63) is 95.1 Å². The van der Waals surface area contributed by atoms with Crippen LogP contribution in [0.2, 0.25) is 0 Å². The molecule has 0 aliphatic heterocycles. The molecule has 3 aromatic carbocycles. The summed E-state index contributed by atoms with van der Waals surface area (Å²) in [5, 5.41) is 12.2. The third kappa shape index (κ3) is 5.94. The van der Waals surface area contributed by atoms with E-state index in [-0.39, 0.29) is 17.4 Å². The van der Waals surface area contributed by atoms with E-state index in [2.05, 4.69) is 5.32 Å². The number of sulfone groups is 1. The van der Waals surface area contributed by atoms with Crippen LogP contribution in [0.25, 0.3) is 0 Å². The molecule has 6 heteroatoms. The average Bonchev–Trinajstić information content (AvgIpc) is 2.73. The lowest BCUT2D eigenvalue weighted by atomic mass is 10.1. The van der Waals surface area contributed by atoms with Crippen molar-refractivity contribution in [1.82, 2.24) is 5.32 Å². The van der Waals surface area contributed by atoms with Gasteiger partial charge in [0.15, 0.2) is 9.84 Å². The van der Waals surface area contributed by atoms with Gasteiger partial charge in [-0.1, -0.05) is 42.0 Å². The predicted octanol–water partition coefficient (Wildman–Crippen LogP) is 4.04. The van der Waals surface area contributed by atoms with E-state index < -0.39 is 9.84 Å². The fourth-order valence-electron chi connectivity index (χ4n) is 3.06. The van der Waals surface area contributed by atoms with Crippen LogP contribution in [0.1, 0.15) is 33.5 Å². The minimum absolute atomic E-state index is 0.107. The summed E-state index contributed by atoms with van der Waals surface area (Å²) in [7, 11) is -3.43. The lowest BCUT2D eigenvalue weighted by molar-refractivity contribution is 0.0953. The average molecular weight is 424 g/mol. The van der Waals surface area contributed by atoms with Gasteiger partial charge in [0.1, 0.15) is 5.75 Å². The number of carbonyl (C=O) groups is 1. The molecule has 0 radical (unpaired) electrons. The Morgan fingerprint density at radius 1 is 0.867 bits per heavy atom. The van der Waals surface area contributed by atoms with E-state index in [1.54, 1.807) is 60.7 Å². The maximum absolute atomic E-state index is 12.5. The van der Waals surface area contributed by atoms with Gasteiger partial charge in [-0.2, -0.15) is 0 Å². The number of hydrogen-bond acceptors (Lipinski definition) is 4. The Bertz CT molecular complexity index is 1090. The van der Waals surface area contributed by atoms with Gasteiger partial charge in [0.05, 0.1) is 10.6 Å². The Balaban J connectivity index is 1.51. The standard InChI is InChI=1S/C24H25NO4S/c1-18-4-14-23(15-5-18)30(28,29)17-20-6-10-21(11-7-20)24(27)25-16-2-3-19-8-12-22(26)13-9-19/h4-15,26H,2-3,16-17H2,1H3,(H,25,27). The molecule has 0 saturated carbocycles. The fourth-order valence-corrected chi connectivity index (χ4v) is 4.41. The lowest BCUT2D eigenvalue weighted by Crippen LogP contribution is -2.24. The van der Waals surface area contributed by atoms with Gasteiger partial charge >= 0.3 is 0 Å². The molecule has 0 atom stereocenters. The Kier molecular flexibility index (Phi) is 6.90. The van der Waals surface area contributed by atoms with Crippen LogP contribution in [0, 0.1) is 6.92 Å². The molecule has 3 aromatic rings. The molecule has 30 heavy (non-hydrogen) atoms. The molecule has 0 saturated heterocycles. The lowest BCUT2D eigenvalue weighted by Gasteiger charge is -2.08. The highest BCUT2D eigenvalue weighted by atomic mass is 32.2. The number of amides is 1. The van der Waals surface area contributed by atoms with E-state index >= 15 is 0 Å². The van der Waals surface area contributed by atoms with Crippen LogP contribution in [0.15, 0.2) is 77.7 Å². The van der Waals surface area contributed by atoms with Crippen LogP contribution in [-0.4, -0.2) is 26.0 Å². The van der Waals surface area contributed by atoms with Gasteiger partial charge in [0.25, 0.3) is 5.91 Å². The van der Waals surface area contributed by atoms with E-state index in [1.165, 1.54) is 0 Å². The molecular formula is C24H25NO4S. The normalized spacial score (nSPS) is 11.2. The number of phenolic OH excluding ortho intramolecular Hbond substituents is 1. The van der Waals surface area contributed by atoms with Crippen LogP contribution in [0.5, 0.6) is 5.75 Å². The van der Waals surface area contributed by atoms with Crippen molar-refractivity contribution in [1.29, 1.82) is 0 Å². The van der Waals surface area contributed by atoms with Crippen LogP contribution >= 0.6 is 0 Å². The summed E-state index contributed by atoms with van der Waals surface area (Å²) in [5.41, 5.74) is 3.24. The molecule has 0 bridgehead atoms. The molecule has 0 aliphatic rings. The number of aryl methyl sites for hydroxylation is 2. The van der Waals surface area contributed by atoms with Crippen LogP contribution in [-0.2, 0) is 22.0 Å². The van der Waals surface area contributed by atoms with Gasteiger partial charge in [0.2, 0.25) is 0 Å². The van der Waals surface area contributed by atoms with E-state index in [0.29, 0.717) is 22.6 Å². The maximum atomic E-state index is 12.5. The van der Waals surface area contributed by atoms with Gasteiger partial charge in [-0.05, 0) is 67.3 Å². The van der Waals surface area contributed by atoms with Gasteiger partial charge in [-0.15, -0.1) is 0 Å². The van der Waals surface area contributed by atoms with Crippen molar-refractivity contribution in [3.8, 4) is 5.75 Å². The smallest absolute Gasteiger partial charge is 0.251 e. The monoisotopic (exact) mass is 423 g/mol. The molecule has 0 heterocycles. The SMILES string of the molecule is Cc1ccc(S(=O)(=O)Cc2ccc(C(=O)NCCCc3ccc(O)cc3)cc2)cc1. The van der Waals surface area contributed by atoms with Crippen LogP contribution < -0.4 is 5.32 Å². The minimum atomic E-state index is -3.43. The Hall–Kier alpha value is -3.12. The number of phenols is 1. The summed E-state index contributed by atoms with van der Waals surface area (Å²) in [6, 6.07) is 20.5. The second kappa shape index (κ2) is 9.59. The molecule has 3 rings (SSSR count). The number of nitrogens with one attached hydrogen (secondary N) is 1. The molecule has 2 N–H and O–H groups in total. The highest BCUT2D eigenvalue weighted by Gasteiger charge is 2.15. The molecule has 5 nitrogen and oxygen atoms in total. The second-order valence-corrected chi connectivity index (χ2v) is 9.28. The van der Waals surface area contributed by atoms with Crippen molar-refractivity contribution in [3.63, 3.8) is 0 Å². The van der Waals surface area contributed by atoms with E-state index in [1.807, 2.05) is 19.1 Å². The summed E-state index contributed by atoms with van der Waals surface area (Å²) >= 11 is 0. The van der Waals surface area contributed by atoms with Crippen LogP contribution in [0.3, 0.4) is 0 Å². The van der Waals surface area contributed by atoms with Gasteiger partial charge in [-0.25, -0.2) is 8.42 Å². The summed E-state index contributed by atoms with van der Waals surface area (Å²) < 4.78 is 25.1. The number of rotatable bonds is 8. The summed E-state index contributed by atoms with van der Waals surface area (Å²) in [6.45, 7) is 2.44. The maximum Gasteiger partial charge on any atom is 0.251 e. The molecule has 156 valence electrons. The third-order valence-corrected chi connectivity index (χ3v) is 6.52. The summed E-state index contributed by atoms with van der Waals surface area (Å²) in [5.74, 6) is -0.0549. The molecule has 0 aliphatic carbocycles. The fraction of sp³-hybridized carbons (Fsp3) is 0.208. The van der Waals surface area contributed by atoms with Crippen molar-refractivity contribution >= 4 is 15.7 Å². The second-order valence-electron chi connectivity index (χ2n) is 7.29. The van der Waals surface area contributed by atoms with Crippen molar-refractivity contribution in [2.24, 2.45) is 0 Å². The molecule has 0 unspecified atom stereocenters. The van der Waals surface area contributed by atoms with Crippen LogP contribution in [0.4, 0.5) is 0 Å². The first-order valence-corrected chi connectivity index (χ1v) is 11.4. The van der Waals surface area contributed by atoms with E-state index in [9.17, 15) is 18.3 Å². The third-order valence-electron chi connectivity index (χ3n) is 4.82. The van der Waals surface area contributed by atoms with Gasteiger partial charge in [0, 0.05) is 12.1 Å². The molecule has 0 fully saturated rings. The number of carbonyl (C=O) groups excluding carboxylic acids is 1. The summed E-state index contributed by atoms with van der Waals surface area (Å²) in [4.78, 5) is 12.6. The molecule has 1 amide bonds. The zero-order chi connectivity index (χ0) is 21.6. The largest absolute Gasteiger partial charge is 0.508 e. The zero-order valence-corrected chi connectivity index (χ0v) is 17.7. The first kappa shape index (κ1) is 21.6. The summed E-state index contributed by atoms with van der Waals surface area (Å²) in [6.07, 6.45) is 1.58. The number of hydrogen-bond donors (Lipinski definition) is 2. The highest BCUT2D eigenvalue weighted by Crippen LogP contribution is 2.17. The molecular weight excluding hydrogens is 398 g/mol. The molecule has 0 aromatic heterocycles. The minimum Gasteiger partial charge on any atom is -0.508 e. The zero-order valence-electron chi connectivity index (χ0n) is 16.8. The Morgan fingerprint density at radius 3 is 2.10 bits per heavy atom. The van der Waals surface area contributed by atoms with Gasteiger partial charge < -0.3 is 10.4 Å². The molecule has 0 spiro atoms. The Labute approximate surface area is 177 Å². The Morgan fingerprint density at radius 2 is 1.47 bits per heavy atom. The van der Waals surface area contributed by atoms with E-state index in [0.717, 1.165) is 24.0 Å². The predicted molar refractivity (Wildman–Crippen MR) is 117 cm³/mol. The number of benzene rings is 3. The van der Waals surface area contributed by atoms with E-state index in [4.69, 9.17) is 0 Å². The van der Waals surface area contributed by atoms with Crippen molar-refractivity contribution in [2.45, 2.75) is 30.4 Å². The van der Waals surface area contributed by atoms with Crippen molar-refractivity contribution in [2.75, 3.05) is 6.54 Å². The first-order chi connectivity index (χ1) is 14.3. The van der Waals surface area contributed by atoms with Gasteiger partial charge in [-0.3, -0.25) is 4.79 Å². The highest BCUT2D eigenvalue weighted by molar-refractivity contribution is 7.90. The van der Waals surface area contributed by atoms with Crippen molar-refractivity contribution < 1.29 is 18.3 Å². The topological polar surface area (TPSA) is 83.5 Å². The number of aromatic hydroxyl groups is 1. The quantitative estimate of drug-likeness (QED) is 0.536.